The van der Waals surface area contributed by atoms with Crippen LogP contribution in [0.3, 0.4) is 0 Å². The largest absolute Gasteiger partial charge is 0.370 e. The summed E-state index contributed by atoms with van der Waals surface area (Å²) in [6.45, 7) is 0. The van der Waals surface area contributed by atoms with E-state index in [0.29, 0.717) is 5.84 Å². The van der Waals surface area contributed by atoms with Gasteiger partial charge in [0.2, 0.25) is 0 Å². The molecule has 0 aromatic rings. The number of nitrogens with zero attached hydrogens (tertiary/aromatic N) is 1. The van der Waals surface area contributed by atoms with Crippen molar-refractivity contribution in [2.45, 2.75) is 25.3 Å². The highest BCUT2D eigenvalue weighted by atomic mass is 15.1. The monoisotopic (exact) mass is 190 g/mol. The van der Waals surface area contributed by atoms with Crippen molar-refractivity contribution in [2.24, 2.45) is 10.7 Å². The first-order valence-electron chi connectivity index (χ1n) is 4.83. The quantitative estimate of drug-likeness (QED) is 0.392. The SMILES string of the molecule is N=C(N)NC1=NC2CCCC=C2C=C1. The van der Waals surface area contributed by atoms with Crippen molar-refractivity contribution in [2.75, 3.05) is 0 Å². The van der Waals surface area contributed by atoms with Crippen LogP contribution in [0, 0.1) is 5.41 Å². The first-order chi connectivity index (χ1) is 6.75. The molecule has 74 valence electrons. The molecule has 0 saturated heterocycles. The molecule has 1 aliphatic heterocycles. The van der Waals surface area contributed by atoms with Gasteiger partial charge >= 0.3 is 0 Å². The third-order valence-electron chi connectivity index (χ3n) is 2.44. The van der Waals surface area contributed by atoms with E-state index in [4.69, 9.17) is 11.1 Å². The Morgan fingerprint density at radius 2 is 2.43 bits per heavy atom. The number of nitrogens with two attached hydrogens (primary N) is 1. The second-order valence-corrected chi connectivity index (χ2v) is 3.54. The summed E-state index contributed by atoms with van der Waals surface area (Å²) < 4.78 is 0. The Bertz CT molecular complexity index is 338. The molecule has 2 rings (SSSR count). The Hall–Kier alpha value is -1.58. The van der Waals surface area contributed by atoms with Crippen molar-refractivity contribution < 1.29 is 0 Å². The Kier molecular flexibility index (Phi) is 2.35. The van der Waals surface area contributed by atoms with E-state index in [1.807, 2.05) is 6.08 Å². The summed E-state index contributed by atoms with van der Waals surface area (Å²) in [5, 5.41) is 9.81. The third-order valence-corrected chi connectivity index (χ3v) is 2.44. The van der Waals surface area contributed by atoms with Crippen molar-refractivity contribution >= 4 is 11.8 Å². The van der Waals surface area contributed by atoms with Gasteiger partial charge in [-0.25, -0.2) is 0 Å². The van der Waals surface area contributed by atoms with Gasteiger partial charge in [-0.3, -0.25) is 10.4 Å². The fourth-order valence-electron chi connectivity index (χ4n) is 1.80. The highest BCUT2D eigenvalue weighted by Gasteiger charge is 2.18. The van der Waals surface area contributed by atoms with Crippen molar-refractivity contribution in [3.63, 3.8) is 0 Å². The minimum atomic E-state index is -0.0587. The minimum Gasteiger partial charge on any atom is -0.370 e. The maximum atomic E-state index is 7.10. The molecular formula is C10H14N4. The van der Waals surface area contributed by atoms with Gasteiger partial charge in [0.15, 0.2) is 5.96 Å². The van der Waals surface area contributed by atoms with E-state index < -0.39 is 0 Å². The van der Waals surface area contributed by atoms with E-state index in [1.165, 1.54) is 12.0 Å². The van der Waals surface area contributed by atoms with Gasteiger partial charge in [-0.2, -0.15) is 0 Å². The molecule has 1 aliphatic carbocycles. The van der Waals surface area contributed by atoms with Crippen LogP contribution in [0.15, 0.2) is 28.8 Å². The Labute approximate surface area is 83.1 Å². The van der Waals surface area contributed by atoms with Gasteiger partial charge in [0.1, 0.15) is 5.84 Å². The predicted octanol–water partition coefficient (Wildman–Crippen LogP) is 0.917. The molecule has 14 heavy (non-hydrogen) atoms. The smallest absolute Gasteiger partial charge is 0.191 e. The summed E-state index contributed by atoms with van der Waals surface area (Å²) in [6, 6.07) is 0.274. The molecule has 4 heteroatoms. The second kappa shape index (κ2) is 3.65. The van der Waals surface area contributed by atoms with Gasteiger partial charge in [-0.15, -0.1) is 0 Å². The molecular weight excluding hydrogens is 176 g/mol. The number of dihydropyridines is 1. The number of aliphatic imine (C=N–C) groups is 1. The lowest BCUT2D eigenvalue weighted by molar-refractivity contribution is 0.623. The van der Waals surface area contributed by atoms with Gasteiger partial charge in [-0.05, 0) is 30.9 Å². The van der Waals surface area contributed by atoms with E-state index >= 15 is 0 Å². The zero-order chi connectivity index (χ0) is 9.97. The molecule has 0 bridgehead atoms. The number of fused-ring (bicyclic) bond motifs is 1. The third kappa shape index (κ3) is 1.84. The van der Waals surface area contributed by atoms with Gasteiger partial charge in [0.25, 0.3) is 0 Å². The van der Waals surface area contributed by atoms with Crippen LogP contribution in [0.25, 0.3) is 0 Å². The van der Waals surface area contributed by atoms with E-state index in [2.05, 4.69) is 22.5 Å². The molecule has 0 aromatic heterocycles. The van der Waals surface area contributed by atoms with Crippen LogP contribution >= 0.6 is 0 Å². The lowest BCUT2D eigenvalue weighted by Crippen LogP contribution is -2.36. The van der Waals surface area contributed by atoms with Crippen LogP contribution in [0.5, 0.6) is 0 Å². The van der Waals surface area contributed by atoms with Gasteiger partial charge < -0.3 is 11.1 Å². The molecule has 0 radical (unpaired) electrons. The summed E-state index contributed by atoms with van der Waals surface area (Å²) in [5.41, 5.74) is 6.53. The Balaban J connectivity index is 2.13. The zero-order valence-corrected chi connectivity index (χ0v) is 7.96. The molecule has 0 amide bonds. The van der Waals surface area contributed by atoms with Crippen molar-refractivity contribution in [3.8, 4) is 0 Å². The first kappa shape index (κ1) is 8.99. The summed E-state index contributed by atoms with van der Waals surface area (Å²) in [7, 11) is 0. The highest BCUT2D eigenvalue weighted by Crippen LogP contribution is 2.24. The molecule has 0 saturated carbocycles. The predicted molar refractivity (Wildman–Crippen MR) is 57.3 cm³/mol. The summed E-state index contributed by atoms with van der Waals surface area (Å²) in [6.07, 6.45) is 9.61. The topological polar surface area (TPSA) is 74.3 Å². The Morgan fingerprint density at radius 3 is 3.21 bits per heavy atom. The number of nitrogens with one attached hydrogen (secondary N) is 2. The number of allylic oxidation sites excluding steroid dienone is 1. The maximum Gasteiger partial charge on any atom is 0.191 e. The van der Waals surface area contributed by atoms with E-state index in [-0.39, 0.29) is 12.0 Å². The van der Waals surface area contributed by atoms with Crippen LogP contribution in [0.1, 0.15) is 19.3 Å². The molecule has 1 heterocycles. The molecule has 0 spiro atoms. The normalized spacial score (nSPS) is 24.7. The fourth-order valence-corrected chi connectivity index (χ4v) is 1.80. The molecule has 1 atom stereocenters. The zero-order valence-electron chi connectivity index (χ0n) is 7.96. The maximum absolute atomic E-state index is 7.10. The number of hydrogen-bond donors (Lipinski definition) is 3. The number of hydrogen-bond acceptors (Lipinski definition) is 2. The summed E-state index contributed by atoms with van der Waals surface area (Å²) in [4.78, 5) is 4.47. The molecule has 1 unspecified atom stereocenters. The minimum absolute atomic E-state index is 0.0587. The van der Waals surface area contributed by atoms with Crippen LogP contribution in [0.4, 0.5) is 0 Å². The van der Waals surface area contributed by atoms with E-state index in [0.717, 1.165) is 12.8 Å². The highest BCUT2D eigenvalue weighted by molar-refractivity contribution is 6.04. The lowest BCUT2D eigenvalue weighted by atomic mass is 9.93. The molecule has 4 nitrogen and oxygen atoms in total. The summed E-state index contributed by atoms with van der Waals surface area (Å²) in [5.74, 6) is 0.637. The van der Waals surface area contributed by atoms with Crippen molar-refractivity contribution in [1.82, 2.24) is 5.32 Å². The molecule has 4 N–H and O–H groups in total. The number of amidine groups is 1. The van der Waals surface area contributed by atoms with Gasteiger partial charge in [0, 0.05) is 0 Å². The number of rotatable bonds is 0. The molecule has 0 fully saturated rings. The fraction of sp³-hybridized carbons (Fsp3) is 0.400. The van der Waals surface area contributed by atoms with Crippen molar-refractivity contribution in [3.05, 3.63) is 23.8 Å². The van der Waals surface area contributed by atoms with E-state index in [1.54, 1.807) is 0 Å². The Morgan fingerprint density at radius 1 is 1.57 bits per heavy atom. The van der Waals surface area contributed by atoms with Crippen molar-refractivity contribution in [1.29, 1.82) is 5.41 Å². The first-order valence-corrected chi connectivity index (χ1v) is 4.83. The van der Waals surface area contributed by atoms with Crippen LogP contribution < -0.4 is 11.1 Å². The van der Waals surface area contributed by atoms with E-state index in [9.17, 15) is 0 Å². The van der Waals surface area contributed by atoms with Crippen LogP contribution in [-0.4, -0.2) is 17.8 Å². The summed E-state index contributed by atoms with van der Waals surface area (Å²) >= 11 is 0. The second-order valence-electron chi connectivity index (χ2n) is 3.54. The molecule has 0 aromatic carbocycles. The lowest BCUT2D eigenvalue weighted by Gasteiger charge is -2.22. The molecule has 2 aliphatic rings. The average molecular weight is 190 g/mol. The van der Waals surface area contributed by atoms with Crippen LogP contribution in [0.2, 0.25) is 0 Å². The standard InChI is InChI=1S/C10H14N4/c11-10(12)14-9-6-5-7-3-1-2-4-8(7)13-9/h3,5-6,8H,1-2,4H2,(H4,11,12,13,14). The average Bonchev–Trinajstić information content (AvgIpc) is 2.17. The van der Waals surface area contributed by atoms with Crippen LogP contribution in [-0.2, 0) is 0 Å². The van der Waals surface area contributed by atoms with Gasteiger partial charge in [-0.1, -0.05) is 12.2 Å². The number of guanidine groups is 1. The van der Waals surface area contributed by atoms with Gasteiger partial charge in [0.05, 0.1) is 6.04 Å².